The number of hydrogen-bond acceptors (Lipinski definition) is 3. The molecule has 18 heavy (non-hydrogen) atoms. The standard InChI is InChI=1S/C13H17ClN2O2/c1-9-3-2-7-16(8-5-9)12-11(14)10(13(17)18)4-6-15-12/h4,6,9H,2-3,5,7-8H2,1H3,(H,17,18). The van der Waals surface area contributed by atoms with Gasteiger partial charge in [-0.15, -0.1) is 0 Å². The van der Waals surface area contributed by atoms with Crippen molar-refractivity contribution in [3.05, 3.63) is 22.8 Å². The van der Waals surface area contributed by atoms with Crippen LogP contribution in [0.25, 0.3) is 0 Å². The molecule has 0 aliphatic carbocycles. The zero-order valence-electron chi connectivity index (χ0n) is 10.4. The normalized spacial score (nSPS) is 20.6. The van der Waals surface area contributed by atoms with Crippen molar-refractivity contribution in [3.63, 3.8) is 0 Å². The van der Waals surface area contributed by atoms with E-state index < -0.39 is 5.97 Å². The van der Waals surface area contributed by atoms with E-state index >= 15 is 0 Å². The van der Waals surface area contributed by atoms with Gasteiger partial charge >= 0.3 is 5.97 Å². The Morgan fingerprint density at radius 2 is 2.28 bits per heavy atom. The summed E-state index contributed by atoms with van der Waals surface area (Å²) in [6.45, 7) is 4.02. The number of hydrogen-bond donors (Lipinski definition) is 1. The van der Waals surface area contributed by atoms with Gasteiger partial charge in [-0.2, -0.15) is 0 Å². The molecule has 1 saturated heterocycles. The average molecular weight is 269 g/mol. The van der Waals surface area contributed by atoms with Gasteiger partial charge in [0.1, 0.15) is 5.82 Å². The number of carboxylic acid groups (broad SMARTS) is 1. The van der Waals surface area contributed by atoms with Crippen LogP contribution in [0, 0.1) is 5.92 Å². The molecule has 0 spiro atoms. The van der Waals surface area contributed by atoms with Crippen molar-refractivity contribution in [2.24, 2.45) is 5.92 Å². The van der Waals surface area contributed by atoms with E-state index in [1.54, 1.807) is 0 Å². The van der Waals surface area contributed by atoms with Crippen LogP contribution in [0.3, 0.4) is 0 Å². The number of anilines is 1. The summed E-state index contributed by atoms with van der Waals surface area (Å²) in [5, 5.41) is 9.30. The molecule has 0 amide bonds. The number of nitrogens with zero attached hydrogens (tertiary/aromatic N) is 2. The fourth-order valence-corrected chi connectivity index (χ4v) is 2.61. The lowest BCUT2D eigenvalue weighted by Gasteiger charge is -2.23. The first-order chi connectivity index (χ1) is 8.59. The fraction of sp³-hybridized carbons (Fsp3) is 0.538. The van der Waals surface area contributed by atoms with E-state index in [0.29, 0.717) is 11.7 Å². The summed E-state index contributed by atoms with van der Waals surface area (Å²) < 4.78 is 0. The Hall–Kier alpha value is -1.29. The Morgan fingerprint density at radius 3 is 3.00 bits per heavy atom. The molecule has 1 N–H and O–H groups in total. The summed E-state index contributed by atoms with van der Waals surface area (Å²) in [5.74, 6) is 0.300. The summed E-state index contributed by atoms with van der Waals surface area (Å²) in [6.07, 6.45) is 4.90. The molecule has 1 fully saturated rings. The van der Waals surface area contributed by atoms with Crippen molar-refractivity contribution in [2.45, 2.75) is 26.2 Å². The van der Waals surface area contributed by atoms with Gasteiger partial charge in [-0.3, -0.25) is 0 Å². The lowest BCUT2D eigenvalue weighted by molar-refractivity contribution is 0.0697. The maximum atomic E-state index is 11.0. The highest BCUT2D eigenvalue weighted by Crippen LogP contribution is 2.29. The molecule has 0 aromatic carbocycles. The highest BCUT2D eigenvalue weighted by Gasteiger charge is 2.20. The molecule has 4 nitrogen and oxygen atoms in total. The van der Waals surface area contributed by atoms with Crippen LogP contribution in [0.5, 0.6) is 0 Å². The predicted octanol–water partition coefficient (Wildman–Crippen LogP) is 3.06. The van der Waals surface area contributed by atoms with Crippen LogP contribution in [0.4, 0.5) is 5.82 Å². The fourth-order valence-electron chi connectivity index (χ4n) is 2.29. The lowest BCUT2D eigenvalue weighted by Crippen LogP contribution is -2.26. The minimum Gasteiger partial charge on any atom is -0.478 e. The van der Waals surface area contributed by atoms with Gasteiger partial charge < -0.3 is 10.0 Å². The summed E-state index contributed by atoms with van der Waals surface area (Å²) in [6, 6.07) is 1.44. The van der Waals surface area contributed by atoms with Crippen molar-refractivity contribution >= 4 is 23.4 Å². The summed E-state index contributed by atoms with van der Waals surface area (Å²) in [5.41, 5.74) is 0.124. The Labute approximate surface area is 112 Å². The third-order valence-corrected chi connectivity index (χ3v) is 3.79. The molecule has 1 aromatic rings. The Balaban J connectivity index is 2.27. The van der Waals surface area contributed by atoms with Gasteiger partial charge in [-0.1, -0.05) is 18.5 Å². The second kappa shape index (κ2) is 5.57. The van der Waals surface area contributed by atoms with E-state index in [-0.39, 0.29) is 10.6 Å². The smallest absolute Gasteiger partial charge is 0.337 e. The Morgan fingerprint density at radius 1 is 1.50 bits per heavy atom. The zero-order chi connectivity index (χ0) is 13.1. The molecule has 2 heterocycles. The predicted molar refractivity (Wildman–Crippen MR) is 71.4 cm³/mol. The van der Waals surface area contributed by atoms with Crippen LogP contribution in [0.2, 0.25) is 5.02 Å². The van der Waals surface area contributed by atoms with Gasteiger partial charge in [-0.05, 0) is 31.2 Å². The van der Waals surface area contributed by atoms with Crippen molar-refractivity contribution in [1.29, 1.82) is 0 Å². The number of aromatic nitrogens is 1. The molecule has 0 saturated carbocycles. The third-order valence-electron chi connectivity index (χ3n) is 3.42. The minimum absolute atomic E-state index is 0.124. The van der Waals surface area contributed by atoms with Gasteiger partial charge in [0.15, 0.2) is 0 Å². The topological polar surface area (TPSA) is 53.4 Å². The minimum atomic E-state index is -1.01. The van der Waals surface area contributed by atoms with Crippen LogP contribution in [-0.2, 0) is 0 Å². The van der Waals surface area contributed by atoms with E-state index in [2.05, 4.69) is 16.8 Å². The van der Waals surface area contributed by atoms with Gasteiger partial charge in [-0.25, -0.2) is 9.78 Å². The monoisotopic (exact) mass is 268 g/mol. The van der Waals surface area contributed by atoms with Crippen LogP contribution >= 0.6 is 11.6 Å². The van der Waals surface area contributed by atoms with Gasteiger partial charge in [0, 0.05) is 19.3 Å². The summed E-state index contributed by atoms with van der Waals surface area (Å²) in [7, 11) is 0. The van der Waals surface area contributed by atoms with Crippen molar-refractivity contribution in [1.82, 2.24) is 4.98 Å². The van der Waals surface area contributed by atoms with Crippen LogP contribution in [0.15, 0.2) is 12.3 Å². The third kappa shape index (κ3) is 2.75. The Bertz CT molecular complexity index is 451. The zero-order valence-corrected chi connectivity index (χ0v) is 11.2. The van der Waals surface area contributed by atoms with Crippen molar-refractivity contribution in [2.75, 3.05) is 18.0 Å². The van der Waals surface area contributed by atoms with E-state index in [4.69, 9.17) is 16.7 Å². The number of aromatic carboxylic acids is 1. The van der Waals surface area contributed by atoms with Crippen LogP contribution in [-0.4, -0.2) is 29.1 Å². The van der Waals surface area contributed by atoms with Gasteiger partial charge in [0.05, 0.1) is 10.6 Å². The molecule has 2 rings (SSSR count). The lowest BCUT2D eigenvalue weighted by atomic mass is 10.0. The first-order valence-electron chi connectivity index (χ1n) is 6.22. The number of halogens is 1. The molecular formula is C13H17ClN2O2. The summed E-state index contributed by atoms with van der Waals surface area (Å²) >= 11 is 6.14. The van der Waals surface area contributed by atoms with E-state index in [0.717, 1.165) is 25.9 Å². The van der Waals surface area contributed by atoms with Crippen molar-refractivity contribution < 1.29 is 9.90 Å². The molecule has 1 unspecified atom stereocenters. The number of carboxylic acids is 1. The molecule has 1 aliphatic rings. The molecule has 5 heteroatoms. The average Bonchev–Trinajstić information content (AvgIpc) is 2.54. The first-order valence-corrected chi connectivity index (χ1v) is 6.60. The van der Waals surface area contributed by atoms with E-state index in [1.807, 2.05) is 0 Å². The highest BCUT2D eigenvalue weighted by atomic mass is 35.5. The molecule has 0 radical (unpaired) electrons. The molecule has 98 valence electrons. The molecule has 1 aliphatic heterocycles. The first kappa shape index (κ1) is 13.1. The maximum Gasteiger partial charge on any atom is 0.337 e. The van der Waals surface area contributed by atoms with E-state index in [9.17, 15) is 4.79 Å². The van der Waals surface area contributed by atoms with Crippen LogP contribution in [0.1, 0.15) is 36.5 Å². The maximum absolute atomic E-state index is 11.0. The van der Waals surface area contributed by atoms with E-state index in [1.165, 1.54) is 18.7 Å². The SMILES string of the molecule is CC1CCCN(c2nccc(C(=O)O)c2Cl)CC1. The molecule has 1 aromatic heterocycles. The summed E-state index contributed by atoms with van der Waals surface area (Å²) in [4.78, 5) is 17.4. The highest BCUT2D eigenvalue weighted by molar-refractivity contribution is 6.35. The number of rotatable bonds is 2. The largest absolute Gasteiger partial charge is 0.478 e. The second-order valence-corrected chi connectivity index (χ2v) is 5.20. The van der Waals surface area contributed by atoms with Gasteiger partial charge in [0.25, 0.3) is 0 Å². The van der Waals surface area contributed by atoms with Gasteiger partial charge in [0.2, 0.25) is 0 Å². The van der Waals surface area contributed by atoms with Crippen LogP contribution < -0.4 is 4.90 Å². The van der Waals surface area contributed by atoms with Crippen molar-refractivity contribution in [3.8, 4) is 0 Å². The quantitative estimate of drug-likeness (QED) is 0.896. The number of carbonyl (C=O) groups is 1. The Kier molecular flexibility index (Phi) is 4.07. The second-order valence-electron chi connectivity index (χ2n) is 4.82. The molecular weight excluding hydrogens is 252 g/mol. The molecule has 0 bridgehead atoms. The number of pyridine rings is 1. The molecule has 1 atom stereocenters.